The highest BCUT2D eigenvalue weighted by atomic mass is 16.3. The van der Waals surface area contributed by atoms with Crippen molar-refractivity contribution >= 4 is 5.78 Å². The molecule has 2 atom stereocenters. The van der Waals surface area contributed by atoms with Crippen LogP contribution in [0.2, 0.25) is 0 Å². The summed E-state index contributed by atoms with van der Waals surface area (Å²) in [5.74, 6) is 1.11. The lowest BCUT2D eigenvalue weighted by Crippen LogP contribution is -2.15. The molecular formula is C31H46O3. The van der Waals surface area contributed by atoms with Crippen LogP contribution in [0, 0.1) is 0 Å². The van der Waals surface area contributed by atoms with Crippen LogP contribution in [0.3, 0.4) is 0 Å². The zero-order valence-corrected chi connectivity index (χ0v) is 22.2. The van der Waals surface area contributed by atoms with Gasteiger partial charge in [0.25, 0.3) is 0 Å². The molecule has 0 saturated carbocycles. The maximum absolute atomic E-state index is 12.8. The molecule has 0 saturated heterocycles. The third-order valence-electron chi connectivity index (χ3n) is 6.99. The van der Waals surface area contributed by atoms with Gasteiger partial charge in [0.15, 0.2) is 0 Å². The Morgan fingerprint density at radius 2 is 0.971 bits per heavy atom. The summed E-state index contributed by atoms with van der Waals surface area (Å²) in [4.78, 5) is 12.8. The van der Waals surface area contributed by atoms with Crippen molar-refractivity contribution in [1.82, 2.24) is 0 Å². The Hall–Kier alpha value is -1.97. The molecule has 2 rings (SSSR count). The number of hydrogen-bond acceptors (Lipinski definition) is 3. The van der Waals surface area contributed by atoms with E-state index in [1.807, 2.05) is 24.3 Å². The Balaban J connectivity index is 1.95. The van der Waals surface area contributed by atoms with Crippen molar-refractivity contribution in [3.8, 4) is 0 Å². The number of aliphatic hydroxyl groups is 2. The molecule has 0 aliphatic heterocycles. The molecule has 0 aromatic heterocycles. The van der Waals surface area contributed by atoms with Gasteiger partial charge in [-0.05, 0) is 87.5 Å². The molecule has 0 spiro atoms. The lowest BCUT2D eigenvalue weighted by atomic mass is 9.85. The van der Waals surface area contributed by atoms with Crippen molar-refractivity contribution in [3.63, 3.8) is 0 Å². The fraction of sp³-hybridized carbons (Fsp3) is 0.581. The summed E-state index contributed by atoms with van der Waals surface area (Å²) in [5, 5.41) is 20.4. The van der Waals surface area contributed by atoms with Crippen molar-refractivity contribution < 1.29 is 15.0 Å². The first-order valence-electron chi connectivity index (χ1n) is 13.1. The van der Waals surface area contributed by atoms with E-state index in [9.17, 15) is 15.0 Å². The van der Waals surface area contributed by atoms with Gasteiger partial charge < -0.3 is 10.2 Å². The van der Waals surface area contributed by atoms with E-state index in [1.54, 1.807) is 27.7 Å². The first kappa shape index (κ1) is 28.3. The lowest BCUT2D eigenvalue weighted by Gasteiger charge is -2.21. The molecule has 3 heteroatoms. The average Bonchev–Trinajstić information content (AvgIpc) is 2.78. The van der Waals surface area contributed by atoms with Gasteiger partial charge in [0.1, 0.15) is 5.78 Å². The Morgan fingerprint density at radius 1 is 0.647 bits per heavy atom. The van der Waals surface area contributed by atoms with E-state index in [2.05, 4.69) is 38.1 Å². The highest BCUT2D eigenvalue weighted by molar-refractivity contribution is 5.78. The summed E-state index contributed by atoms with van der Waals surface area (Å²) in [6, 6.07) is 16.5. The van der Waals surface area contributed by atoms with Crippen LogP contribution in [0.15, 0.2) is 48.5 Å². The van der Waals surface area contributed by atoms with E-state index in [1.165, 1.54) is 11.1 Å². The standard InChI is InChI=1S/C31H46O3/c1-7-9-23(25-11-17-27(18-12-25)30(3,4)33)15-21-29(32)22-16-24(10-8-2)26-13-19-28(20-14-26)31(5,6)34/h11-14,17-20,23-24,33-34H,7-10,15-16,21-22H2,1-6H3. The fourth-order valence-corrected chi connectivity index (χ4v) is 4.77. The molecule has 2 N–H and O–H groups in total. The molecule has 34 heavy (non-hydrogen) atoms. The summed E-state index contributed by atoms with van der Waals surface area (Å²) >= 11 is 0. The van der Waals surface area contributed by atoms with E-state index < -0.39 is 11.2 Å². The molecule has 2 aromatic rings. The number of hydrogen-bond donors (Lipinski definition) is 2. The third kappa shape index (κ3) is 8.67. The SMILES string of the molecule is CCCC(CCC(=O)CCC(CCC)c1ccc(C(C)(C)O)cc1)c1ccc(C(C)(C)O)cc1. The molecule has 0 radical (unpaired) electrons. The van der Waals surface area contributed by atoms with E-state index in [0.29, 0.717) is 30.5 Å². The third-order valence-corrected chi connectivity index (χ3v) is 6.99. The van der Waals surface area contributed by atoms with Gasteiger partial charge in [-0.1, -0.05) is 75.2 Å². The largest absolute Gasteiger partial charge is 0.386 e. The summed E-state index contributed by atoms with van der Waals surface area (Å²) in [5.41, 5.74) is 2.69. The van der Waals surface area contributed by atoms with Crippen LogP contribution in [0.4, 0.5) is 0 Å². The van der Waals surface area contributed by atoms with Crippen molar-refractivity contribution in [2.75, 3.05) is 0 Å². The molecule has 0 amide bonds. The van der Waals surface area contributed by atoms with Gasteiger partial charge in [-0.3, -0.25) is 4.79 Å². The smallest absolute Gasteiger partial charge is 0.132 e. The van der Waals surface area contributed by atoms with Gasteiger partial charge in [0.05, 0.1) is 11.2 Å². The predicted molar refractivity (Wildman–Crippen MR) is 142 cm³/mol. The predicted octanol–water partition coefficient (Wildman–Crippen LogP) is 7.74. The van der Waals surface area contributed by atoms with Crippen molar-refractivity contribution in [1.29, 1.82) is 0 Å². The Kier molecular flexibility index (Phi) is 10.5. The summed E-state index contributed by atoms with van der Waals surface area (Å²) in [6.07, 6.45) is 7.32. The minimum Gasteiger partial charge on any atom is -0.386 e. The maximum Gasteiger partial charge on any atom is 0.132 e. The molecule has 2 unspecified atom stereocenters. The van der Waals surface area contributed by atoms with Crippen LogP contribution in [0.25, 0.3) is 0 Å². The van der Waals surface area contributed by atoms with Crippen LogP contribution in [-0.4, -0.2) is 16.0 Å². The molecule has 0 heterocycles. The lowest BCUT2D eigenvalue weighted by molar-refractivity contribution is -0.119. The number of rotatable bonds is 14. The molecule has 0 bridgehead atoms. The normalized spacial score (nSPS) is 14.1. The highest BCUT2D eigenvalue weighted by Gasteiger charge is 2.20. The minimum absolute atomic E-state index is 0.350. The second kappa shape index (κ2) is 12.7. The molecule has 188 valence electrons. The Labute approximate surface area is 207 Å². The Bertz CT molecular complexity index is 793. The number of Topliss-reactive ketones (excluding diaryl/α,β-unsaturated/α-hetero) is 1. The second-order valence-electron chi connectivity index (χ2n) is 10.9. The first-order chi connectivity index (χ1) is 16.0. The number of benzene rings is 2. The zero-order chi connectivity index (χ0) is 25.4. The van der Waals surface area contributed by atoms with Crippen LogP contribution in [0.5, 0.6) is 0 Å². The van der Waals surface area contributed by atoms with Crippen molar-refractivity contribution in [2.24, 2.45) is 0 Å². The van der Waals surface area contributed by atoms with Gasteiger partial charge in [-0.25, -0.2) is 0 Å². The van der Waals surface area contributed by atoms with Crippen LogP contribution in [-0.2, 0) is 16.0 Å². The van der Waals surface area contributed by atoms with Gasteiger partial charge in [0.2, 0.25) is 0 Å². The van der Waals surface area contributed by atoms with Crippen LogP contribution in [0.1, 0.15) is 127 Å². The highest BCUT2D eigenvalue weighted by Crippen LogP contribution is 2.31. The Morgan fingerprint density at radius 3 is 1.24 bits per heavy atom. The summed E-state index contributed by atoms with van der Waals surface area (Å²) < 4.78 is 0. The number of carbonyl (C=O) groups is 1. The summed E-state index contributed by atoms with van der Waals surface area (Å²) in [7, 11) is 0. The van der Waals surface area contributed by atoms with Crippen molar-refractivity contribution in [2.45, 2.75) is 116 Å². The maximum atomic E-state index is 12.8. The monoisotopic (exact) mass is 466 g/mol. The molecule has 0 fully saturated rings. The first-order valence-corrected chi connectivity index (χ1v) is 13.1. The summed E-state index contributed by atoms with van der Waals surface area (Å²) in [6.45, 7) is 11.6. The molecule has 3 nitrogen and oxygen atoms in total. The zero-order valence-electron chi connectivity index (χ0n) is 22.2. The van der Waals surface area contributed by atoms with E-state index >= 15 is 0 Å². The van der Waals surface area contributed by atoms with Gasteiger partial charge >= 0.3 is 0 Å². The number of ketones is 1. The van der Waals surface area contributed by atoms with Crippen molar-refractivity contribution in [3.05, 3.63) is 70.8 Å². The minimum atomic E-state index is -0.835. The van der Waals surface area contributed by atoms with E-state index in [0.717, 1.165) is 49.7 Å². The van der Waals surface area contributed by atoms with Gasteiger partial charge in [-0.2, -0.15) is 0 Å². The fourth-order valence-electron chi connectivity index (χ4n) is 4.77. The van der Waals surface area contributed by atoms with E-state index in [4.69, 9.17) is 0 Å². The van der Waals surface area contributed by atoms with Crippen LogP contribution < -0.4 is 0 Å². The molecule has 2 aromatic carbocycles. The second-order valence-corrected chi connectivity index (χ2v) is 10.9. The van der Waals surface area contributed by atoms with E-state index in [-0.39, 0.29) is 0 Å². The quantitative estimate of drug-likeness (QED) is 0.299. The molecular weight excluding hydrogens is 420 g/mol. The van der Waals surface area contributed by atoms with Crippen LogP contribution >= 0.6 is 0 Å². The van der Waals surface area contributed by atoms with Gasteiger partial charge in [-0.15, -0.1) is 0 Å². The molecule has 0 aliphatic carbocycles. The topological polar surface area (TPSA) is 57.5 Å². The molecule has 0 aliphatic rings. The number of carbonyl (C=O) groups excluding carboxylic acids is 1. The average molecular weight is 467 g/mol. The van der Waals surface area contributed by atoms with Gasteiger partial charge in [0, 0.05) is 12.8 Å².